The molecule has 1 aliphatic heterocycles. The van der Waals surface area contributed by atoms with Crippen LogP contribution >= 0.6 is 0 Å². The van der Waals surface area contributed by atoms with Crippen LogP contribution in [0.2, 0.25) is 0 Å². The zero-order chi connectivity index (χ0) is 30.1. The Morgan fingerprint density at radius 2 is 1.76 bits per heavy atom. The lowest BCUT2D eigenvalue weighted by atomic mass is 9.92. The second-order valence-corrected chi connectivity index (χ2v) is 10.4. The van der Waals surface area contributed by atoms with Gasteiger partial charge in [-0.3, -0.25) is 19.4 Å². The quantitative estimate of drug-likeness (QED) is 0.262. The van der Waals surface area contributed by atoms with Crippen LogP contribution in [0.25, 0.3) is 11.1 Å². The first kappa shape index (κ1) is 28.5. The van der Waals surface area contributed by atoms with E-state index in [1.807, 2.05) is 26.0 Å². The van der Waals surface area contributed by atoms with Gasteiger partial charge in [-0.15, -0.1) is 0 Å². The first-order chi connectivity index (χ1) is 20.0. The molecule has 0 fully saturated rings. The summed E-state index contributed by atoms with van der Waals surface area (Å²) in [6.45, 7) is 3.79. The Labute approximate surface area is 240 Å². The Morgan fingerprint density at radius 1 is 1.02 bits per heavy atom. The molecule has 4 aromatic rings. The molecule has 0 radical (unpaired) electrons. The van der Waals surface area contributed by atoms with Gasteiger partial charge in [0.1, 0.15) is 17.5 Å². The van der Waals surface area contributed by atoms with Gasteiger partial charge in [-0.1, -0.05) is 29.8 Å². The number of hydrogen-bond acceptors (Lipinski definition) is 4. The number of halogens is 3. The molecule has 0 saturated heterocycles. The molecule has 0 aliphatic carbocycles. The lowest BCUT2D eigenvalue weighted by Gasteiger charge is -2.22. The van der Waals surface area contributed by atoms with Crippen LogP contribution in [0.15, 0.2) is 66.9 Å². The number of nitrogens with one attached hydrogen (secondary N) is 2. The van der Waals surface area contributed by atoms with E-state index < -0.39 is 41.2 Å². The van der Waals surface area contributed by atoms with Gasteiger partial charge < -0.3 is 16.4 Å². The number of benzene rings is 3. The number of aryl methyl sites for hydroxylation is 2. The Morgan fingerprint density at radius 3 is 2.48 bits per heavy atom. The highest BCUT2D eigenvalue weighted by molar-refractivity contribution is 6.05. The number of primary amides is 1. The number of amides is 3. The van der Waals surface area contributed by atoms with Gasteiger partial charge in [0.25, 0.3) is 5.91 Å². The van der Waals surface area contributed by atoms with Gasteiger partial charge in [0.05, 0.1) is 23.2 Å². The molecule has 0 spiro atoms. The number of nitrogens with zero attached hydrogens (tertiary/aromatic N) is 1. The normalized spacial score (nSPS) is 14.7. The van der Waals surface area contributed by atoms with Gasteiger partial charge >= 0.3 is 0 Å². The van der Waals surface area contributed by atoms with Crippen molar-refractivity contribution >= 4 is 23.4 Å². The van der Waals surface area contributed by atoms with Crippen molar-refractivity contribution in [2.24, 2.45) is 5.73 Å². The molecule has 1 aliphatic rings. The fourth-order valence-corrected chi connectivity index (χ4v) is 5.44. The molecular formula is C32H27F3N4O3. The molecule has 0 bridgehead atoms. The van der Waals surface area contributed by atoms with Crippen LogP contribution in [-0.2, 0) is 16.0 Å². The van der Waals surface area contributed by atoms with Gasteiger partial charge in [-0.25, -0.2) is 13.2 Å². The van der Waals surface area contributed by atoms with E-state index in [1.165, 1.54) is 18.3 Å². The van der Waals surface area contributed by atoms with Crippen LogP contribution in [0.3, 0.4) is 0 Å². The lowest BCUT2D eigenvalue weighted by molar-refractivity contribution is -0.125. The van der Waals surface area contributed by atoms with Gasteiger partial charge in [0, 0.05) is 29.9 Å². The zero-order valence-corrected chi connectivity index (χ0v) is 22.8. The summed E-state index contributed by atoms with van der Waals surface area (Å²) in [6.07, 6.45) is 1.25. The first-order valence-corrected chi connectivity index (χ1v) is 13.2. The summed E-state index contributed by atoms with van der Waals surface area (Å²) in [4.78, 5) is 42.6. The molecule has 1 aromatic heterocycles. The lowest BCUT2D eigenvalue weighted by Crippen LogP contribution is -2.33. The summed E-state index contributed by atoms with van der Waals surface area (Å²) in [5, 5.41) is 5.75. The number of carbonyl (C=O) groups is 3. The fourth-order valence-electron chi connectivity index (χ4n) is 5.44. The average molecular weight is 573 g/mol. The van der Waals surface area contributed by atoms with Gasteiger partial charge in [0.15, 0.2) is 0 Å². The number of fused-ring (bicyclic) bond motifs is 1. The number of carbonyl (C=O) groups excluding carboxylic acids is 3. The number of nitrogens with two attached hydrogens (primary N) is 1. The topological polar surface area (TPSA) is 114 Å². The maximum Gasteiger partial charge on any atom is 0.251 e. The number of rotatable bonds is 8. The Bertz CT molecular complexity index is 1720. The zero-order valence-electron chi connectivity index (χ0n) is 22.8. The third-order valence-corrected chi connectivity index (χ3v) is 7.25. The molecule has 3 aromatic carbocycles. The van der Waals surface area contributed by atoms with E-state index in [0.717, 1.165) is 41.0 Å². The minimum atomic E-state index is -0.958. The fraction of sp³-hybridized carbons (Fsp3) is 0.188. The largest absolute Gasteiger partial charge is 0.366 e. The van der Waals surface area contributed by atoms with E-state index in [9.17, 15) is 27.6 Å². The van der Waals surface area contributed by atoms with Crippen molar-refractivity contribution in [1.29, 1.82) is 0 Å². The smallest absolute Gasteiger partial charge is 0.251 e. The molecule has 10 heteroatoms. The third-order valence-electron chi connectivity index (χ3n) is 7.25. The highest BCUT2D eigenvalue weighted by Gasteiger charge is 2.34. The highest BCUT2D eigenvalue weighted by atomic mass is 19.1. The van der Waals surface area contributed by atoms with Crippen LogP contribution in [-0.4, -0.2) is 22.7 Å². The Balaban J connectivity index is 1.52. The SMILES string of the molecule is Cc1cc(C)c2c(c1)C(CC(=O)NC(Cc1cc(F)cc(F)c1)c1ncccc1-c1ccc(F)c(C(N)=O)c1)C(=O)N2. The molecule has 2 heterocycles. The summed E-state index contributed by atoms with van der Waals surface area (Å²) in [7, 11) is 0. The summed E-state index contributed by atoms with van der Waals surface area (Å²) in [5.74, 6) is -4.85. The molecule has 5 rings (SSSR count). The van der Waals surface area contributed by atoms with E-state index in [-0.39, 0.29) is 29.9 Å². The minimum Gasteiger partial charge on any atom is -0.366 e. The van der Waals surface area contributed by atoms with E-state index >= 15 is 0 Å². The van der Waals surface area contributed by atoms with Crippen molar-refractivity contribution in [2.75, 3.05) is 5.32 Å². The van der Waals surface area contributed by atoms with Crippen LogP contribution in [0, 0.1) is 31.3 Å². The second-order valence-electron chi connectivity index (χ2n) is 10.4. The summed E-state index contributed by atoms with van der Waals surface area (Å²) in [5.41, 5.74) is 9.66. The number of anilines is 1. The number of hydrogen-bond donors (Lipinski definition) is 3. The molecule has 42 heavy (non-hydrogen) atoms. The van der Waals surface area contributed by atoms with Crippen molar-refractivity contribution < 1.29 is 27.6 Å². The predicted molar refractivity (Wildman–Crippen MR) is 151 cm³/mol. The van der Waals surface area contributed by atoms with Gasteiger partial charge in [0.2, 0.25) is 11.8 Å². The molecule has 7 nitrogen and oxygen atoms in total. The molecule has 0 saturated carbocycles. The predicted octanol–water partition coefficient (Wildman–Crippen LogP) is 5.41. The minimum absolute atomic E-state index is 0.0556. The average Bonchev–Trinajstić information content (AvgIpc) is 3.23. The standard InChI is InChI=1S/C32H27F3N4O3/c1-16-8-17(2)29-23(9-16)24(32(42)39-29)15-28(40)38-27(12-18-10-20(33)14-21(34)11-18)30-22(4-3-7-37-30)19-5-6-26(35)25(13-19)31(36)41/h3-11,13-14,24,27H,12,15H2,1-2H3,(H2,36,41)(H,38,40)(H,39,42). The van der Waals surface area contributed by atoms with Crippen molar-refractivity contribution in [2.45, 2.75) is 38.6 Å². The Kier molecular flexibility index (Phi) is 7.80. The van der Waals surface area contributed by atoms with Crippen molar-refractivity contribution in [3.63, 3.8) is 0 Å². The second kappa shape index (κ2) is 11.5. The molecule has 4 N–H and O–H groups in total. The van der Waals surface area contributed by atoms with Crippen LogP contribution < -0.4 is 16.4 Å². The number of pyridine rings is 1. The van der Waals surface area contributed by atoms with Crippen molar-refractivity contribution in [1.82, 2.24) is 10.3 Å². The highest BCUT2D eigenvalue weighted by Crippen LogP contribution is 2.38. The number of aromatic nitrogens is 1. The Hall–Kier alpha value is -4.99. The third kappa shape index (κ3) is 5.88. The van der Waals surface area contributed by atoms with E-state index in [1.54, 1.807) is 12.1 Å². The first-order valence-electron chi connectivity index (χ1n) is 13.2. The van der Waals surface area contributed by atoms with Gasteiger partial charge in [-0.05, 0) is 72.9 Å². The summed E-state index contributed by atoms with van der Waals surface area (Å²) < 4.78 is 42.4. The maximum atomic E-state index is 14.2. The molecule has 214 valence electrons. The molecule has 3 amide bonds. The van der Waals surface area contributed by atoms with E-state index in [2.05, 4.69) is 15.6 Å². The molecular weight excluding hydrogens is 545 g/mol. The van der Waals surface area contributed by atoms with Gasteiger partial charge in [-0.2, -0.15) is 0 Å². The van der Waals surface area contributed by atoms with Crippen molar-refractivity contribution in [3.05, 3.63) is 118 Å². The molecule has 2 unspecified atom stereocenters. The maximum absolute atomic E-state index is 14.2. The summed E-state index contributed by atoms with van der Waals surface area (Å²) in [6, 6.07) is 13.0. The monoisotopic (exact) mass is 572 g/mol. The van der Waals surface area contributed by atoms with E-state index in [4.69, 9.17) is 5.73 Å². The van der Waals surface area contributed by atoms with Crippen LogP contribution in [0.5, 0.6) is 0 Å². The summed E-state index contributed by atoms with van der Waals surface area (Å²) >= 11 is 0. The van der Waals surface area contributed by atoms with Crippen LogP contribution in [0.1, 0.15) is 56.7 Å². The van der Waals surface area contributed by atoms with Crippen molar-refractivity contribution in [3.8, 4) is 11.1 Å². The van der Waals surface area contributed by atoms with Crippen LogP contribution in [0.4, 0.5) is 18.9 Å². The molecule has 2 atom stereocenters. The van der Waals surface area contributed by atoms with E-state index in [0.29, 0.717) is 22.5 Å².